The van der Waals surface area contributed by atoms with Crippen molar-refractivity contribution in [2.45, 2.75) is 5.75 Å². The van der Waals surface area contributed by atoms with Gasteiger partial charge in [-0.2, -0.15) is 0 Å². The Morgan fingerprint density at radius 3 is 2.23 bits per heavy atom. The molecule has 2 aromatic rings. The van der Waals surface area contributed by atoms with E-state index in [2.05, 4.69) is 9.46 Å². The first kappa shape index (κ1) is 16.3. The fourth-order valence-electron chi connectivity index (χ4n) is 1.81. The Labute approximate surface area is 133 Å². The van der Waals surface area contributed by atoms with Crippen LogP contribution in [0.2, 0.25) is 5.02 Å². The Morgan fingerprint density at radius 2 is 1.68 bits per heavy atom. The molecule has 0 aliphatic carbocycles. The Balaban J connectivity index is 2.08. The maximum Gasteiger partial charge on any atom is 0.337 e. The van der Waals surface area contributed by atoms with Crippen LogP contribution in [0.3, 0.4) is 0 Å². The molecule has 1 N–H and O–H groups in total. The quantitative estimate of drug-likeness (QED) is 0.850. The number of esters is 1. The maximum atomic E-state index is 12.1. The lowest BCUT2D eigenvalue weighted by Gasteiger charge is -2.08. The lowest BCUT2D eigenvalue weighted by atomic mass is 10.2. The summed E-state index contributed by atoms with van der Waals surface area (Å²) < 4.78 is 31.2. The molecule has 2 rings (SSSR count). The highest BCUT2D eigenvalue weighted by Gasteiger charge is 2.12. The number of nitrogens with one attached hydrogen (secondary N) is 1. The normalized spacial score (nSPS) is 11.0. The second-order valence-electron chi connectivity index (χ2n) is 4.56. The number of carbonyl (C=O) groups excluding carboxylic acids is 1. The summed E-state index contributed by atoms with van der Waals surface area (Å²) in [5.74, 6) is -0.640. The van der Waals surface area contributed by atoms with Gasteiger partial charge in [0.1, 0.15) is 0 Å². The van der Waals surface area contributed by atoms with E-state index in [4.69, 9.17) is 11.6 Å². The molecule has 22 heavy (non-hydrogen) atoms. The van der Waals surface area contributed by atoms with Crippen molar-refractivity contribution in [3.63, 3.8) is 0 Å². The minimum absolute atomic E-state index is 0.164. The van der Waals surface area contributed by atoms with Crippen molar-refractivity contribution in [2.75, 3.05) is 11.8 Å². The largest absolute Gasteiger partial charge is 0.465 e. The van der Waals surface area contributed by atoms with E-state index in [1.165, 1.54) is 31.4 Å². The van der Waals surface area contributed by atoms with E-state index in [0.29, 0.717) is 21.8 Å². The number of ether oxygens (including phenoxy) is 1. The minimum Gasteiger partial charge on any atom is -0.465 e. The van der Waals surface area contributed by atoms with E-state index < -0.39 is 16.0 Å². The molecule has 0 aromatic heterocycles. The van der Waals surface area contributed by atoms with Crippen molar-refractivity contribution in [1.29, 1.82) is 0 Å². The molecule has 0 aliphatic heterocycles. The predicted octanol–water partition coefficient (Wildman–Crippen LogP) is 3.07. The first-order chi connectivity index (χ1) is 10.4. The summed E-state index contributed by atoms with van der Waals surface area (Å²) in [6.45, 7) is 0. The molecule has 0 unspecified atom stereocenters. The molecule has 0 atom stereocenters. The van der Waals surface area contributed by atoms with Gasteiger partial charge in [0.15, 0.2) is 0 Å². The van der Waals surface area contributed by atoms with Crippen LogP contribution in [-0.4, -0.2) is 21.5 Å². The first-order valence-corrected chi connectivity index (χ1v) is 8.36. The molecule has 0 heterocycles. The number of sulfonamides is 1. The van der Waals surface area contributed by atoms with Crippen LogP contribution in [0.5, 0.6) is 0 Å². The maximum absolute atomic E-state index is 12.1. The number of methoxy groups -OCH3 is 1. The summed E-state index contributed by atoms with van der Waals surface area (Å²) in [5.41, 5.74) is 1.35. The van der Waals surface area contributed by atoms with Crippen molar-refractivity contribution < 1.29 is 17.9 Å². The summed E-state index contributed by atoms with van der Waals surface area (Å²) in [5, 5.41) is 0.549. The minimum atomic E-state index is -3.55. The van der Waals surface area contributed by atoms with Crippen molar-refractivity contribution >= 4 is 33.3 Å². The van der Waals surface area contributed by atoms with Crippen LogP contribution in [0.25, 0.3) is 0 Å². The molecular weight excluding hydrogens is 326 g/mol. The molecule has 0 bridgehead atoms. The number of rotatable bonds is 5. The molecule has 0 aliphatic rings. The second kappa shape index (κ2) is 6.81. The fourth-order valence-corrected chi connectivity index (χ4v) is 3.13. The number of anilines is 1. The highest BCUT2D eigenvalue weighted by atomic mass is 35.5. The summed E-state index contributed by atoms with van der Waals surface area (Å²) in [6.07, 6.45) is 0. The SMILES string of the molecule is COC(=O)c1ccc(NS(=O)(=O)Cc2ccc(Cl)cc2)cc1. The average molecular weight is 340 g/mol. The highest BCUT2D eigenvalue weighted by Crippen LogP contribution is 2.16. The van der Waals surface area contributed by atoms with Crippen LogP contribution in [0.15, 0.2) is 48.5 Å². The van der Waals surface area contributed by atoms with Crippen LogP contribution in [0.4, 0.5) is 5.69 Å². The molecule has 0 amide bonds. The molecule has 0 fully saturated rings. The number of hydrogen-bond donors (Lipinski definition) is 1. The molecule has 2 aromatic carbocycles. The predicted molar refractivity (Wildman–Crippen MR) is 85.5 cm³/mol. The zero-order valence-electron chi connectivity index (χ0n) is 11.7. The van der Waals surface area contributed by atoms with Gasteiger partial charge >= 0.3 is 5.97 Å². The van der Waals surface area contributed by atoms with Crippen molar-refractivity contribution in [2.24, 2.45) is 0 Å². The number of hydrogen-bond acceptors (Lipinski definition) is 4. The smallest absolute Gasteiger partial charge is 0.337 e. The van der Waals surface area contributed by atoms with Gasteiger partial charge in [-0.3, -0.25) is 4.72 Å². The van der Waals surface area contributed by atoms with Gasteiger partial charge in [0.05, 0.1) is 18.4 Å². The van der Waals surface area contributed by atoms with Crippen LogP contribution in [0.1, 0.15) is 15.9 Å². The summed E-state index contributed by atoms with van der Waals surface area (Å²) in [7, 11) is -2.27. The van der Waals surface area contributed by atoms with Crippen LogP contribution >= 0.6 is 11.6 Å². The summed E-state index contributed by atoms with van der Waals surface area (Å²) >= 11 is 5.76. The van der Waals surface area contributed by atoms with Gasteiger partial charge in [-0.05, 0) is 42.0 Å². The van der Waals surface area contributed by atoms with Gasteiger partial charge in [0.25, 0.3) is 0 Å². The molecule has 0 radical (unpaired) electrons. The second-order valence-corrected chi connectivity index (χ2v) is 6.72. The molecule has 0 saturated carbocycles. The van der Waals surface area contributed by atoms with Gasteiger partial charge < -0.3 is 4.74 Å². The van der Waals surface area contributed by atoms with Crippen molar-refractivity contribution in [3.05, 3.63) is 64.7 Å². The number of halogens is 1. The summed E-state index contributed by atoms with van der Waals surface area (Å²) in [4.78, 5) is 11.3. The molecule has 0 spiro atoms. The van der Waals surface area contributed by atoms with Crippen molar-refractivity contribution in [3.8, 4) is 0 Å². The monoisotopic (exact) mass is 339 g/mol. The zero-order valence-corrected chi connectivity index (χ0v) is 13.3. The first-order valence-electron chi connectivity index (χ1n) is 6.33. The third-order valence-electron chi connectivity index (χ3n) is 2.85. The van der Waals surface area contributed by atoms with E-state index in [-0.39, 0.29) is 5.75 Å². The Morgan fingerprint density at radius 1 is 1.09 bits per heavy atom. The van der Waals surface area contributed by atoms with Gasteiger partial charge in [0.2, 0.25) is 10.0 Å². The highest BCUT2D eigenvalue weighted by molar-refractivity contribution is 7.91. The molecular formula is C15H14ClNO4S. The number of carbonyl (C=O) groups is 1. The lowest BCUT2D eigenvalue weighted by Crippen LogP contribution is -2.15. The third kappa shape index (κ3) is 4.47. The zero-order chi connectivity index (χ0) is 16.2. The average Bonchev–Trinajstić information content (AvgIpc) is 2.49. The van der Waals surface area contributed by atoms with Crippen LogP contribution in [-0.2, 0) is 20.5 Å². The van der Waals surface area contributed by atoms with E-state index >= 15 is 0 Å². The standard InChI is InChI=1S/C15H14ClNO4S/c1-21-15(18)12-4-8-14(9-5-12)17-22(19,20)10-11-2-6-13(16)7-3-11/h2-9,17H,10H2,1H3. The van der Waals surface area contributed by atoms with Crippen molar-refractivity contribution in [1.82, 2.24) is 0 Å². The Hall–Kier alpha value is -2.05. The van der Waals surface area contributed by atoms with Gasteiger partial charge in [-0.15, -0.1) is 0 Å². The van der Waals surface area contributed by atoms with Gasteiger partial charge in [-0.25, -0.2) is 13.2 Å². The van der Waals surface area contributed by atoms with Crippen LogP contribution < -0.4 is 4.72 Å². The molecule has 7 heteroatoms. The Kier molecular flexibility index (Phi) is 5.05. The molecule has 5 nitrogen and oxygen atoms in total. The van der Waals surface area contributed by atoms with E-state index in [0.717, 1.165) is 0 Å². The molecule has 0 saturated heterocycles. The van der Waals surface area contributed by atoms with E-state index in [9.17, 15) is 13.2 Å². The number of benzene rings is 2. The lowest BCUT2D eigenvalue weighted by molar-refractivity contribution is 0.0601. The summed E-state index contributed by atoms with van der Waals surface area (Å²) in [6, 6.07) is 12.6. The van der Waals surface area contributed by atoms with Crippen LogP contribution in [0, 0.1) is 0 Å². The Bertz CT molecular complexity index is 755. The van der Waals surface area contributed by atoms with E-state index in [1.54, 1.807) is 24.3 Å². The van der Waals surface area contributed by atoms with Gasteiger partial charge in [-0.1, -0.05) is 23.7 Å². The molecule has 116 valence electrons. The third-order valence-corrected chi connectivity index (χ3v) is 4.36. The van der Waals surface area contributed by atoms with E-state index in [1.807, 2.05) is 0 Å². The topological polar surface area (TPSA) is 72.5 Å². The van der Waals surface area contributed by atoms with Gasteiger partial charge in [0, 0.05) is 10.7 Å². The fraction of sp³-hybridized carbons (Fsp3) is 0.133.